The molecule has 11 heteroatoms. The van der Waals surface area contributed by atoms with Gasteiger partial charge in [-0.3, -0.25) is 19.3 Å². The average molecular weight is 535 g/mol. The van der Waals surface area contributed by atoms with Crippen LogP contribution in [0.4, 0.5) is 4.79 Å². The van der Waals surface area contributed by atoms with Crippen LogP contribution in [0.3, 0.4) is 0 Å². The number of imide groups is 1. The molecule has 29 heavy (non-hydrogen) atoms. The molecule has 0 aromatic heterocycles. The fraction of sp³-hybridized carbons (Fsp3) is 0.333. The third kappa shape index (κ3) is 5.85. The fourth-order valence-corrected chi connectivity index (χ4v) is 3.87. The van der Waals surface area contributed by atoms with Gasteiger partial charge >= 0.3 is 11.9 Å². The molecule has 0 radical (unpaired) electrons. The molecular weight excluding hydrogens is 517 g/mol. The zero-order chi connectivity index (χ0) is 21.6. The summed E-state index contributed by atoms with van der Waals surface area (Å²) >= 11 is 2.75. The van der Waals surface area contributed by atoms with Gasteiger partial charge < -0.3 is 18.9 Å². The first kappa shape index (κ1) is 23.0. The molecule has 1 aromatic carbocycles. The number of benzene rings is 1. The highest BCUT2D eigenvalue weighted by molar-refractivity contribution is 14.1. The van der Waals surface area contributed by atoms with Crippen LogP contribution in [0.15, 0.2) is 17.0 Å². The first-order chi connectivity index (χ1) is 13.8. The maximum Gasteiger partial charge on any atom is 0.343 e. The van der Waals surface area contributed by atoms with E-state index in [1.54, 1.807) is 19.1 Å². The van der Waals surface area contributed by atoms with Gasteiger partial charge in [0.25, 0.3) is 11.1 Å². The summed E-state index contributed by atoms with van der Waals surface area (Å²) in [4.78, 5) is 48.2. The van der Waals surface area contributed by atoms with Crippen LogP contribution >= 0.6 is 34.4 Å². The Kier molecular flexibility index (Phi) is 8.32. The molecule has 1 saturated heterocycles. The van der Waals surface area contributed by atoms with E-state index >= 15 is 0 Å². The summed E-state index contributed by atoms with van der Waals surface area (Å²) in [5.74, 6) is -1.05. The van der Waals surface area contributed by atoms with Crippen molar-refractivity contribution < 1.29 is 38.1 Å². The molecule has 1 aliphatic rings. The number of carbonyl (C=O) groups is 4. The Morgan fingerprint density at radius 3 is 2.45 bits per heavy atom. The van der Waals surface area contributed by atoms with E-state index < -0.39 is 29.6 Å². The highest BCUT2D eigenvalue weighted by Crippen LogP contribution is 2.37. The van der Waals surface area contributed by atoms with Crippen molar-refractivity contribution in [1.29, 1.82) is 0 Å². The van der Waals surface area contributed by atoms with Gasteiger partial charge in [-0.15, -0.1) is 0 Å². The highest BCUT2D eigenvalue weighted by atomic mass is 127. The van der Waals surface area contributed by atoms with Crippen molar-refractivity contribution in [3.05, 3.63) is 26.2 Å². The molecular formula is C18H18INO8S. The number of amides is 2. The average Bonchev–Trinajstić information content (AvgIpc) is 2.94. The molecule has 2 amide bonds. The molecule has 0 N–H and O–H groups in total. The third-order valence-electron chi connectivity index (χ3n) is 3.58. The Hall–Kier alpha value is -2.28. The zero-order valence-electron chi connectivity index (χ0n) is 15.9. The topological polar surface area (TPSA) is 108 Å². The molecule has 1 fully saturated rings. The van der Waals surface area contributed by atoms with Gasteiger partial charge in [-0.2, -0.15) is 0 Å². The SMILES string of the molecule is CCOc1cc(/C=C2\SC(=O)N(CC(=O)OC)C2=O)cc(I)c1OCC(=O)OC. The minimum atomic E-state index is -0.686. The molecule has 1 aliphatic heterocycles. The lowest BCUT2D eigenvalue weighted by molar-refractivity contribution is -0.143. The summed E-state index contributed by atoms with van der Waals surface area (Å²) in [7, 11) is 2.44. The van der Waals surface area contributed by atoms with Crippen molar-refractivity contribution >= 4 is 63.5 Å². The zero-order valence-corrected chi connectivity index (χ0v) is 18.8. The summed E-state index contributed by atoms with van der Waals surface area (Å²) in [6.45, 7) is 1.42. The molecule has 2 rings (SSSR count). The number of nitrogens with zero attached hydrogens (tertiary/aromatic N) is 1. The Labute approximate surface area is 184 Å². The van der Waals surface area contributed by atoms with Gasteiger partial charge in [-0.1, -0.05) is 0 Å². The van der Waals surface area contributed by atoms with Gasteiger partial charge in [0.05, 0.1) is 29.3 Å². The number of hydrogen-bond donors (Lipinski definition) is 0. The Balaban J connectivity index is 2.30. The second-order valence-corrected chi connectivity index (χ2v) is 7.63. The Morgan fingerprint density at radius 2 is 1.83 bits per heavy atom. The minimum Gasteiger partial charge on any atom is -0.490 e. The molecule has 1 heterocycles. The molecule has 0 aliphatic carbocycles. The monoisotopic (exact) mass is 535 g/mol. The summed E-state index contributed by atoms with van der Waals surface area (Å²) in [5, 5.41) is -0.551. The van der Waals surface area contributed by atoms with Crippen LogP contribution in [0.2, 0.25) is 0 Å². The van der Waals surface area contributed by atoms with Gasteiger partial charge in [0.2, 0.25) is 0 Å². The van der Waals surface area contributed by atoms with Crippen LogP contribution in [-0.2, 0) is 23.9 Å². The van der Waals surface area contributed by atoms with Gasteiger partial charge in [0.15, 0.2) is 18.1 Å². The summed E-state index contributed by atoms with van der Waals surface area (Å²) in [6.07, 6.45) is 1.52. The molecule has 0 spiro atoms. The normalized spacial score (nSPS) is 14.9. The van der Waals surface area contributed by atoms with Gasteiger partial charge in [-0.05, 0) is 65.0 Å². The lowest BCUT2D eigenvalue weighted by Gasteiger charge is -2.14. The van der Waals surface area contributed by atoms with E-state index in [0.717, 1.165) is 16.7 Å². The van der Waals surface area contributed by atoms with Crippen molar-refractivity contribution in [1.82, 2.24) is 4.90 Å². The van der Waals surface area contributed by atoms with Crippen LogP contribution in [0, 0.1) is 3.57 Å². The molecule has 0 saturated carbocycles. The quantitative estimate of drug-likeness (QED) is 0.282. The van der Waals surface area contributed by atoms with Gasteiger partial charge in [0.1, 0.15) is 6.54 Å². The van der Waals surface area contributed by atoms with E-state index in [1.807, 2.05) is 22.6 Å². The molecule has 9 nitrogen and oxygen atoms in total. The largest absolute Gasteiger partial charge is 0.490 e. The van der Waals surface area contributed by atoms with E-state index in [9.17, 15) is 19.2 Å². The van der Waals surface area contributed by atoms with Crippen LogP contribution < -0.4 is 9.47 Å². The molecule has 1 aromatic rings. The van der Waals surface area contributed by atoms with Crippen molar-refractivity contribution in [2.24, 2.45) is 0 Å². The maximum atomic E-state index is 12.4. The number of carbonyl (C=O) groups excluding carboxylic acids is 4. The third-order valence-corrected chi connectivity index (χ3v) is 5.29. The minimum absolute atomic E-state index is 0.167. The second-order valence-electron chi connectivity index (χ2n) is 5.47. The Bertz CT molecular complexity index is 870. The Morgan fingerprint density at radius 1 is 1.14 bits per heavy atom. The standard InChI is InChI=1S/C18H18INO8S/c1-4-27-12-6-10(5-11(19)16(12)28-9-15(22)26-3)7-13-17(23)20(18(24)29-13)8-14(21)25-2/h5-7H,4,8-9H2,1-3H3/b13-7-. The van der Waals surface area contributed by atoms with Crippen LogP contribution in [0.5, 0.6) is 11.5 Å². The first-order valence-electron chi connectivity index (χ1n) is 8.28. The van der Waals surface area contributed by atoms with Crippen LogP contribution in [0.1, 0.15) is 12.5 Å². The van der Waals surface area contributed by atoms with Crippen molar-refractivity contribution in [3.63, 3.8) is 0 Å². The number of thioether (sulfide) groups is 1. The maximum absolute atomic E-state index is 12.4. The number of halogens is 1. The fourth-order valence-electron chi connectivity index (χ4n) is 2.25. The van der Waals surface area contributed by atoms with E-state index in [0.29, 0.717) is 27.2 Å². The second kappa shape index (κ2) is 10.5. The van der Waals surface area contributed by atoms with Gasteiger partial charge in [-0.25, -0.2) is 4.79 Å². The molecule has 0 unspecified atom stereocenters. The number of ether oxygens (including phenoxy) is 4. The number of esters is 2. The predicted octanol–water partition coefficient (Wildman–Crippen LogP) is 2.45. The van der Waals surface area contributed by atoms with Crippen molar-refractivity contribution in [2.45, 2.75) is 6.92 Å². The summed E-state index contributed by atoms with van der Waals surface area (Å²) in [5.41, 5.74) is 0.590. The van der Waals surface area contributed by atoms with Crippen LogP contribution in [-0.4, -0.2) is 62.0 Å². The van der Waals surface area contributed by atoms with Gasteiger partial charge in [0, 0.05) is 0 Å². The van der Waals surface area contributed by atoms with Crippen molar-refractivity contribution in [3.8, 4) is 11.5 Å². The smallest absolute Gasteiger partial charge is 0.343 e. The first-order valence-corrected chi connectivity index (χ1v) is 10.2. The molecule has 0 atom stereocenters. The predicted molar refractivity (Wildman–Crippen MR) is 113 cm³/mol. The number of hydrogen-bond acceptors (Lipinski definition) is 9. The molecule has 0 bridgehead atoms. The lowest BCUT2D eigenvalue weighted by Crippen LogP contribution is -2.34. The highest BCUT2D eigenvalue weighted by Gasteiger charge is 2.36. The van der Waals surface area contributed by atoms with E-state index in [4.69, 9.17) is 9.47 Å². The van der Waals surface area contributed by atoms with E-state index in [1.165, 1.54) is 20.3 Å². The molecule has 156 valence electrons. The van der Waals surface area contributed by atoms with Crippen molar-refractivity contribution in [2.75, 3.05) is 34.0 Å². The summed E-state index contributed by atoms with van der Waals surface area (Å²) < 4.78 is 20.8. The van der Waals surface area contributed by atoms with E-state index in [2.05, 4.69) is 9.47 Å². The summed E-state index contributed by atoms with van der Waals surface area (Å²) in [6, 6.07) is 3.34. The van der Waals surface area contributed by atoms with E-state index in [-0.39, 0.29) is 11.5 Å². The number of methoxy groups -OCH3 is 2. The lowest BCUT2D eigenvalue weighted by atomic mass is 10.2. The van der Waals surface area contributed by atoms with Crippen LogP contribution in [0.25, 0.3) is 6.08 Å². The number of rotatable bonds is 8.